The molecule has 1 aliphatic rings. The number of hydrogen-bond donors (Lipinski definition) is 3. The number of carbonyl (C=O) groups is 2. The van der Waals surface area contributed by atoms with Gasteiger partial charge in [-0.25, -0.2) is 9.97 Å². The van der Waals surface area contributed by atoms with Gasteiger partial charge >= 0.3 is 0 Å². The first kappa shape index (κ1) is 22.6. The summed E-state index contributed by atoms with van der Waals surface area (Å²) in [6.45, 7) is 1.55. The van der Waals surface area contributed by atoms with Gasteiger partial charge in [-0.15, -0.1) is 0 Å². The molecule has 4 aromatic rings. The average Bonchev–Trinajstić information content (AvgIpc) is 3.30. The summed E-state index contributed by atoms with van der Waals surface area (Å²) < 4.78 is 5.91. The molecule has 0 bridgehead atoms. The third-order valence-electron chi connectivity index (χ3n) is 6.27. The second-order valence-electron chi connectivity index (χ2n) is 8.81. The van der Waals surface area contributed by atoms with Crippen LogP contribution in [0.4, 0.5) is 5.82 Å². The van der Waals surface area contributed by atoms with Crippen LogP contribution in [-0.4, -0.2) is 38.7 Å². The van der Waals surface area contributed by atoms with Crippen LogP contribution in [0.5, 0.6) is 11.5 Å². The van der Waals surface area contributed by atoms with E-state index in [0.29, 0.717) is 39.5 Å². The lowest BCUT2D eigenvalue weighted by Gasteiger charge is -2.29. The molecule has 3 N–H and O–H groups in total. The summed E-state index contributed by atoms with van der Waals surface area (Å²) in [5, 5.41) is 7.19. The zero-order valence-electron chi connectivity index (χ0n) is 19.5. The first-order valence-corrected chi connectivity index (χ1v) is 11.8. The van der Waals surface area contributed by atoms with Crippen LogP contribution in [-0.2, 0) is 4.79 Å². The van der Waals surface area contributed by atoms with E-state index < -0.39 is 0 Å². The molecule has 1 amide bonds. The van der Waals surface area contributed by atoms with Crippen LogP contribution in [0, 0.1) is 0 Å². The molecule has 8 heteroatoms. The Morgan fingerprint density at radius 3 is 2.46 bits per heavy atom. The molecule has 178 valence electrons. The number of carbonyl (C=O) groups excluding carboxylic acids is 2. The zero-order valence-corrected chi connectivity index (χ0v) is 19.5. The van der Waals surface area contributed by atoms with E-state index in [1.54, 1.807) is 25.3 Å². The molecule has 0 aliphatic heterocycles. The van der Waals surface area contributed by atoms with E-state index in [1.165, 1.54) is 6.33 Å². The van der Waals surface area contributed by atoms with E-state index in [4.69, 9.17) is 4.74 Å². The van der Waals surface area contributed by atoms with E-state index in [0.717, 1.165) is 25.7 Å². The first-order chi connectivity index (χ1) is 17.1. The Kier molecular flexibility index (Phi) is 6.43. The Balaban J connectivity index is 1.36. The molecule has 0 radical (unpaired) electrons. The normalized spacial score (nSPS) is 17.6. The summed E-state index contributed by atoms with van der Waals surface area (Å²) in [5.74, 6) is 1.80. The van der Waals surface area contributed by atoms with Crippen molar-refractivity contribution in [1.82, 2.24) is 20.3 Å². The molecule has 1 fully saturated rings. The molecule has 0 unspecified atom stereocenters. The van der Waals surface area contributed by atoms with Crippen LogP contribution in [0.1, 0.15) is 48.5 Å². The van der Waals surface area contributed by atoms with E-state index in [1.807, 2.05) is 42.5 Å². The van der Waals surface area contributed by atoms with Gasteiger partial charge in [-0.2, -0.15) is 0 Å². The number of para-hydroxylation sites is 1. The molecule has 1 saturated carbocycles. The summed E-state index contributed by atoms with van der Waals surface area (Å²) in [4.78, 5) is 36.8. The van der Waals surface area contributed by atoms with Gasteiger partial charge < -0.3 is 20.4 Å². The van der Waals surface area contributed by atoms with Gasteiger partial charge in [0.1, 0.15) is 29.3 Å². The number of amides is 1. The molecule has 35 heavy (non-hydrogen) atoms. The molecule has 8 nitrogen and oxygen atoms in total. The maximum absolute atomic E-state index is 13.5. The third kappa shape index (κ3) is 5.16. The number of nitrogens with one attached hydrogen (secondary N) is 3. The average molecular weight is 470 g/mol. The molecule has 2 aromatic heterocycles. The fraction of sp³-hybridized carbons (Fsp3) is 0.259. The molecule has 5 rings (SSSR count). The maximum Gasteiger partial charge on any atom is 0.217 e. The topological polar surface area (TPSA) is 109 Å². The van der Waals surface area contributed by atoms with Crippen LogP contribution in [0.25, 0.3) is 11.0 Å². The number of aromatic nitrogens is 3. The fourth-order valence-corrected chi connectivity index (χ4v) is 4.60. The molecule has 0 saturated heterocycles. The number of hydrogen-bond acceptors (Lipinski definition) is 6. The number of nitrogens with zero attached hydrogens (tertiary/aromatic N) is 2. The molecule has 2 aromatic carbocycles. The number of ether oxygens (including phenoxy) is 1. The van der Waals surface area contributed by atoms with Gasteiger partial charge in [0, 0.05) is 30.8 Å². The Bertz CT molecular complexity index is 1340. The zero-order chi connectivity index (χ0) is 24.2. The maximum atomic E-state index is 13.5. The van der Waals surface area contributed by atoms with Gasteiger partial charge in [0.25, 0.3) is 0 Å². The van der Waals surface area contributed by atoms with Crippen LogP contribution in [0.15, 0.2) is 67.1 Å². The Morgan fingerprint density at radius 2 is 1.69 bits per heavy atom. The highest BCUT2D eigenvalue weighted by molar-refractivity contribution is 6.18. The summed E-state index contributed by atoms with van der Waals surface area (Å²) >= 11 is 0. The summed E-state index contributed by atoms with van der Waals surface area (Å²) in [5.41, 5.74) is 1.63. The Labute approximate surface area is 203 Å². The largest absolute Gasteiger partial charge is 0.457 e. The number of rotatable bonds is 7. The van der Waals surface area contributed by atoms with Gasteiger partial charge in [-0.1, -0.05) is 30.3 Å². The highest BCUT2D eigenvalue weighted by atomic mass is 16.5. The Morgan fingerprint density at radius 1 is 0.943 bits per heavy atom. The van der Waals surface area contributed by atoms with E-state index >= 15 is 0 Å². The van der Waals surface area contributed by atoms with Gasteiger partial charge in [-0.3, -0.25) is 9.59 Å². The quantitative estimate of drug-likeness (QED) is 0.334. The van der Waals surface area contributed by atoms with Crippen molar-refractivity contribution < 1.29 is 14.3 Å². The van der Waals surface area contributed by atoms with Crippen molar-refractivity contribution in [3.05, 3.63) is 78.2 Å². The predicted octanol–water partition coefficient (Wildman–Crippen LogP) is 4.84. The Hall–Kier alpha value is -4.20. The summed E-state index contributed by atoms with van der Waals surface area (Å²) in [6, 6.07) is 17.0. The number of ketones is 1. The number of H-pyrrole nitrogens is 1. The lowest BCUT2D eigenvalue weighted by atomic mass is 9.91. The van der Waals surface area contributed by atoms with Crippen LogP contribution >= 0.6 is 0 Å². The molecular formula is C27H27N5O3. The summed E-state index contributed by atoms with van der Waals surface area (Å²) in [7, 11) is 0. The number of anilines is 1. The van der Waals surface area contributed by atoms with Crippen LogP contribution < -0.4 is 15.4 Å². The molecule has 2 heterocycles. The highest BCUT2D eigenvalue weighted by Crippen LogP contribution is 2.30. The van der Waals surface area contributed by atoms with Crippen LogP contribution in [0.2, 0.25) is 0 Å². The van der Waals surface area contributed by atoms with Crippen molar-refractivity contribution in [3.63, 3.8) is 0 Å². The molecule has 0 atom stereocenters. The number of aromatic amines is 1. The lowest BCUT2D eigenvalue weighted by Crippen LogP contribution is -2.39. The molecule has 1 aliphatic carbocycles. The van der Waals surface area contributed by atoms with Crippen molar-refractivity contribution in [3.8, 4) is 11.5 Å². The van der Waals surface area contributed by atoms with Crippen molar-refractivity contribution in [2.24, 2.45) is 0 Å². The number of benzene rings is 2. The van der Waals surface area contributed by atoms with E-state index in [9.17, 15) is 9.59 Å². The van der Waals surface area contributed by atoms with Crippen LogP contribution in [0.3, 0.4) is 0 Å². The van der Waals surface area contributed by atoms with Crippen molar-refractivity contribution in [1.29, 1.82) is 0 Å². The third-order valence-corrected chi connectivity index (χ3v) is 6.27. The second kappa shape index (κ2) is 9.97. The standard InChI is InChI=1S/C27H27N5O3/c1-17(33)31-19-10-12-20(13-11-19)32-27-24-23(15-28-26(24)29-16-30-27)25(34)18-6-5-9-22(14-18)35-21-7-3-2-4-8-21/h2-9,14-16,19-20H,10-13H2,1H3,(H,31,33)(H2,28,29,30,32). The SMILES string of the molecule is CC(=O)NC1CCC(Nc2ncnc3[nH]cc(C(=O)c4cccc(Oc5ccccc5)c4)c23)CC1. The van der Waals surface area contributed by atoms with E-state index in [2.05, 4.69) is 25.6 Å². The molecular weight excluding hydrogens is 442 g/mol. The second-order valence-corrected chi connectivity index (χ2v) is 8.81. The van der Waals surface area contributed by atoms with Crippen molar-refractivity contribution in [2.45, 2.75) is 44.7 Å². The number of fused-ring (bicyclic) bond motifs is 1. The van der Waals surface area contributed by atoms with Crippen molar-refractivity contribution in [2.75, 3.05) is 5.32 Å². The van der Waals surface area contributed by atoms with E-state index in [-0.39, 0.29) is 23.8 Å². The van der Waals surface area contributed by atoms with Gasteiger partial charge in [-0.05, 0) is 49.9 Å². The van der Waals surface area contributed by atoms with Crippen molar-refractivity contribution >= 4 is 28.5 Å². The first-order valence-electron chi connectivity index (χ1n) is 11.8. The highest BCUT2D eigenvalue weighted by Gasteiger charge is 2.24. The minimum atomic E-state index is -0.137. The lowest BCUT2D eigenvalue weighted by molar-refractivity contribution is -0.119. The van der Waals surface area contributed by atoms with Gasteiger partial charge in [0.15, 0.2) is 5.78 Å². The molecule has 0 spiro atoms. The monoisotopic (exact) mass is 469 g/mol. The fourth-order valence-electron chi connectivity index (χ4n) is 4.60. The minimum absolute atomic E-state index is 0.00707. The summed E-state index contributed by atoms with van der Waals surface area (Å²) in [6.07, 6.45) is 6.79. The van der Waals surface area contributed by atoms with Gasteiger partial charge in [0.2, 0.25) is 5.91 Å². The van der Waals surface area contributed by atoms with Gasteiger partial charge in [0.05, 0.1) is 10.9 Å². The smallest absolute Gasteiger partial charge is 0.217 e. The predicted molar refractivity (Wildman–Crippen MR) is 134 cm³/mol. The minimum Gasteiger partial charge on any atom is -0.457 e.